The number of ether oxygens (including phenoxy) is 2. The molecular formula is C17H21NO4. The van der Waals surface area contributed by atoms with Crippen molar-refractivity contribution in [2.75, 3.05) is 13.9 Å². The van der Waals surface area contributed by atoms with Crippen LogP contribution in [0, 0.1) is 23.7 Å². The summed E-state index contributed by atoms with van der Waals surface area (Å²) in [6, 6.07) is 3.26. The van der Waals surface area contributed by atoms with E-state index >= 15 is 0 Å². The van der Waals surface area contributed by atoms with Crippen molar-refractivity contribution >= 4 is 0 Å². The fourth-order valence-electron chi connectivity index (χ4n) is 1.28. The Morgan fingerprint density at radius 2 is 1.45 bits per heavy atom. The Kier molecular flexibility index (Phi) is 5.96. The molecule has 2 N–H and O–H groups in total. The van der Waals surface area contributed by atoms with Crippen molar-refractivity contribution in [3.8, 4) is 29.4 Å². The van der Waals surface area contributed by atoms with E-state index in [1.165, 1.54) is 7.11 Å². The molecule has 0 aliphatic carbocycles. The summed E-state index contributed by atoms with van der Waals surface area (Å²) < 4.78 is 10.2. The average Bonchev–Trinajstić information content (AvgIpc) is 2.39. The molecule has 1 heterocycles. The fraction of sp³-hybridized carbons (Fsp3) is 0.471. The Balaban J connectivity index is 3.20. The number of rotatable bonds is 3. The second-order valence-corrected chi connectivity index (χ2v) is 5.74. The minimum absolute atomic E-state index is 0.0841. The van der Waals surface area contributed by atoms with Crippen LogP contribution in [0.4, 0.5) is 0 Å². The third-order valence-electron chi connectivity index (χ3n) is 2.14. The molecule has 0 spiro atoms. The van der Waals surface area contributed by atoms with E-state index in [0.29, 0.717) is 17.1 Å². The maximum atomic E-state index is 9.66. The largest absolute Gasteiger partial charge is 0.467 e. The molecule has 0 radical (unpaired) electrons. The molecule has 1 rings (SSSR count). The van der Waals surface area contributed by atoms with Crippen LogP contribution in [0.15, 0.2) is 12.1 Å². The lowest BCUT2D eigenvalue weighted by molar-refractivity contribution is 0.0510. The van der Waals surface area contributed by atoms with E-state index in [9.17, 15) is 10.2 Å². The number of pyridine rings is 1. The van der Waals surface area contributed by atoms with Crippen molar-refractivity contribution in [1.82, 2.24) is 4.98 Å². The van der Waals surface area contributed by atoms with Gasteiger partial charge >= 0.3 is 0 Å². The molecule has 0 saturated heterocycles. The molecule has 0 fully saturated rings. The molecular weight excluding hydrogens is 282 g/mol. The van der Waals surface area contributed by atoms with Crippen LogP contribution in [0.1, 0.15) is 39.1 Å². The summed E-state index contributed by atoms with van der Waals surface area (Å²) in [5.41, 5.74) is -1.42. The van der Waals surface area contributed by atoms with Gasteiger partial charge in [0.25, 0.3) is 0 Å². The van der Waals surface area contributed by atoms with E-state index in [0.717, 1.165) is 0 Å². The molecule has 0 saturated carbocycles. The van der Waals surface area contributed by atoms with E-state index in [2.05, 4.69) is 28.7 Å². The smallest absolute Gasteiger partial charge is 0.188 e. The van der Waals surface area contributed by atoms with E-state index in [4.69, 9.17) is 9.47 Å². The molecule has 5 heteroatoms. The number of aliphatic hydroxyl groups is 2. The van der Waals surface area contributed by atoms with Crippen LogP contribution in [0.25, 0.3) is 0 Å². The Morgan fingerprint density at radius 1 is 1.00 bits per heavy atom. The maximum Gasteiger partial charge on any atom is 0.188 e. The van der Waals surface area contributed by atoms with Crippen molar-refractivity contribution < 1.29 is 19.7 Å². The van der Waals surface area contributed by atoms with Crippen LogP contribution < -0.4 is 4.74 Å². The van der Waals surface area contributed by atoms with Crippen LogP contribution in [0.3, 0.4) is 0 Å². The highest BCUT2D eigenvalue weighted by Crippen LogP contribution is 2.14. The SMILES string of the molecule is COCOc1cc(C#CC(C)(C)O)nc(C#CC(C)(C)O)c1. The van der Waals surface area contributed by atoms with Gasteiger partial charge in [0.1, 0.15) is 28.3 Å². The van der Waals surface area contributed by atoms with Crippen LogP contribution in [-0.4, -0.2) is 40.3 Å². The van der Waals surface area contributed by atoms with Gasteiger partial charge in [-0.15, -0.1) is 0 Å². The lowest BCUT2D eigenvalue weighted by Gasteiger charge is -2.08. The maximum absolute atomic E-state index is 9.66. The Hall–Kier alpha value is -2.05. The molecule has 22 heavy (non-hydrogen) atoms. The predicted molar refractivity (Wildman–Crippen MR) is 83.1 cm³/mol. The number of hydrogen-bond donors (Lipinski definition) is 2. The number of aromatic nitrogens is 1. The van der Waals surface area contributed by atoms with Crippen LogP contribution in [0.5, 0.6) is 5.75 Å². The van der Waals surface area contributed by atoms with E-state index in [1.807, 2.05) is 0 Å². The lowest BCUT2D eigenvalue weighted by atomic mass is 10.1. The van der Waals surface area contributed by atoms with E-state index in [1.54, 1.807) is 39.8 Å². The van der Waals surface area contributed by atoms with Gasteiger partial charge in [-0.2, -0.15) is 0 Å². The normalized spacial score (nSPS) is 11.0. The topological polar surface area (TPSA) is 71.8 Å². The average molecular weight is 303 g/mol. The van der Waals surface area contributed by atoms with Crippen molar-refractivity contribution in [2.24, 2.45) is 0 Å². The van der Waals surface area contributed by atoms with Gasteiger partial charge in [0.2, 0.25) is 0 Å². The fourth-order valence-corrected chi connectivity index (χ4v) is 1.28. The van der Waals surface area contributed by atoms with Gasteiger partial charge in [0, 0.05) is 19.2 Å². The summed E-state index contributed by atoms with van der Waals surface area (Å²) >= 11 is 0. The predicted octanol–water partition coefficient (Wildman–Crippen LogP) is 1.31. The first kappa shape index (κ1) is 18.0. The molecule has 0 bridgehead atoms. The molecule has 0 amide bonds. The van der Waals surface area contributed by atoms with Crippen molar-refractivity contribution in [3.63, 3.8) is 0 Å². The summed E-state index contributed by atoms with van der Waals surface area (Å²) in [6.07, 6.45) is 0. The number of nitrogens with zero attached hydrogens (tertiary/aromatic N) is 1. The first-order chi connectivity index (χ1) is 10.1. The summed E-state index contributed by atoms with van der Waals surface area (Å²) in [7, 11) is 1.52. The summed E-state index contributed by atoms with van der Waals surface area (Å²) in [4.78, 5) is 4.26. The summed E-state index contributed by atoms with van der Waals surface area (Å²) in [5.74, 6) is 11.4. The minimum atomic E-state index is -1.12. The first-order valence-electron chi connectivity index (χ1n) is 6.74. The van der Waals surface area contributed by atoms with Gasteiger partial charge in [0.05, 0.1) is 0 Å². The van der Waals surface area contributed by atoms with E-state index in [-0.39, 0.29) is 6.79 Å². The van der Waals surface area contributed by atoms with E-state index < -0.39 is 11.2 Å². The van der Waals surface area contributed by atoms with Crippen LogP contribution in [0.2, 0.25) is 0 Å². The highest BCUT2D eigenvalue weighted by molar-refractivity contribution is 5.42. The van der Waals surface area contributed by atoms with Gasteiger partial charge in [-0.05, 0) is 39.5 Å². The Bertz CT molecular complexity index is 581. The second-order valence-electron chi connectivity index (χ2n) is 5.74. The van der Waals surface area contributed by atoms with Gasteiger partial charge < -0.3 is 19.7 Å². The zero-order valence-corrected chi connectivity index (χ0v) is 13.5. The second kappa shape index (κ2) is 7.29. The van der Waals surface area contributed by atoms with Gasteiger partial charge in [-0.3, -0.25) is 0 Å². The van der Waals surface area contributed by atoms with Crippen molar-refractivity contribution in [3.05, 3.63) is 23.5 Å². The van der Waals surface area contributed by atoms with Crippen LogP contribution in [-0.2, 0) is 4.74 Å². The molecule has 0 atom stereocenters. The molecule has 0 unspecified atom stereocenters. The highest BCUT2D eigenvalue weighted by Gasteiger charge is 2.08. The zero-order valence-electron chi connectivity index (χ0n) is 13.5. The van der Waals surface area contributed by atoms with Gasteiger partial charge in [0.15, 0.2) is 6.79 Å². The molecule has 1 aromatic rings. The first-order valence-corrected chi connectivity index (χ1v) is 6.74. The van der Waals surface area contributed by atoms with Gasteiger partial charge in [-0.1, -0.05) is 11.8 Å². The van der Waals surface area contributed by atoms with Gasteiger partial charge in [-0.25, -0.2) is 4.98 Å². The molecule has 0 aliphatic rings. The zero-order chi connectivity index (χ0) is 16.8. The third-order valence-corrected chi connectivity index (χ3v) is 2.14. The van der Waals surface area contributed by atoms with Crippen molar-refractivity contribution in [2.45, 2.75) is 38.9 Å². The highest BCUT2D eigenvalue weighted by atomic mass is 16.7. The lowest BCUT2D eigenvalue weighted by Crippen LogP contribution is -2.15. The van der Waals surface area contributed by atoms with Crippen LogP contribution >= 0.6 is 0 Å². The number of hydrogen-bond acceptors (Lipinski definition) is 5. The monoisotopic (exact) mass is 303 g/mol. The van der Waals surface area contributed by atoms with Crippen molar-refractivity contribution in [1.29, 1.82) is 0 Å². The minimum Gasteiger partial charge on any atom is -0.467 e. The molecule has 118 valence electrons. The Morgan fingerprint density at radius 3 is 1.82 bits per heavy atom. The molecule has 0 aromatic carbocycles. The third kappa shape index (κ3) is 7.66. The Labute approximate surface area is 131 Å². The quantitative estimate of drug-likeness (QED) is 0.651. The molecule has 0 aliphatic heterocycles. The number of methoxy groups -OCH3 is 1. The summed E-state index contributed by atoms with van der Waals surface area (Å²) in [6.45, 7) is 6.42. The molecule has 1 aromatic heterocycles. The molecule has 5 nitrogen and oxygen atoms in total. The standard InChI is InChI=1S/C17H21NO4/c1-16(2,19)8-6-13-10-15(22-12-21-5)11-14(18-13)7-9-17(3,4)20/h10-11,19-20H,12H2,1-5H3. The summed E-state index contributed by atoms with van der Waals surface area (Å²) in [5, 5.41) is 19.3.